The van der Waals surface area contributed by atoms with E-state index in [0.29, 0.717) is 23.4 Å². The van der Waals surface area contributed by atoms with Crippen LogP contribution in [0.2, 0.25) is 5.15 Å². The second-order valence-corrected chi connectivity index (χ2v) is 5.38. The number of aryl methyl sites for hydroxylation is 1. The molecule has 2 aromatic rings. The summed E-state index contributed by atoms with van der Waals surface area (Å²) in [6.45, 7) is 8.21. The Labute approximate surface area is 129 Å². The highest BCUT2D eigenvalue weighted by Gasteiger charge is 2.10. The highest BCUT2D eigenvalue weighted by atomic mass is 35.5. The Morgan fingerprint density at radius 3 is 2.76 bits per heavy atom. The van der Waals surface area contributed by atoms with E-state index in [1.807, 2.05) is 39.8 Å². The van der Waals surface area contributed by atoms with Gasteiger partial charge in [-0.1, -0.05) is 17.7 Å². The fraction of sp³-hybridized carbons (Fsp3) is 0.400. The summed E-state index contributed by atoms with van der Waals surface area (Å²) in [7, 11) is 0. The maximum absolute atomic E-state index is 6.07. The van der Waals surface area contributed by atoms with Crippen molar-refractivity contribution in [3.05, 3.63) is 40.4 Å². The second-order valence-electron chi connectivity index (χ2n) is 5.02. The first-order valence-corrected chi connectivity index (χ1v) is 7.20. The predicted octanol–water partition coefficient (Wildman–Crippen LogP) is 3.54. The summed E-state index contributed by atoms with van der Waals surface area (Å²) in [5.41, 5.74) is 1.80. The topological polar surface area (TPSA) is 59.9 Å². The van der Waals surface area contributed by atoms with Crippen LogP contribution < -0.4 is 10.1 Å². The molecule has 1 N–H and O–H groups in total. The Hall–Kier alpha value is -1.88. The van der Waals surface area contributed by atoms with Crippen molar-refractivity contribution in [3.8, 4) is 5.88 Å². The first-order valence-electron chi connectivity index (χ1n) is 6.82. The van der Waals surface area contributed by atoms with Crippen LogP contribution in [0, 0.1) is 13.8 Å². The quantitative estimate of drug-likeness (QED) is 0.856. The van der Waals surface area contributed by atoms with Gasteiger partial charge in [0.25, 0.3) is 0 Å². The molecule has 0 aliphatic rings. The molecule has 2 aromatic heterocycles. The molecule has 0 bridgehead atoms. The van der Waals surface area contributed by atoms with E-state index in [1.54, 1.807) is 6.20 Å². The molecule has 5 nitrogen and oxygen atoms in total. The van der Waals surface area contributed by atoms with E-state index in [9.17, 15) is 0 Å². The minimum absolute atomic E-state index is 0.0797. The lowest BCUT2D eigenvalue weighted by atomic mass is 10.2. The van der Waals surface area contributed by atoms with Crippen molar-refractivity contribution < 1.29 is 4.74 Å². The number of hydrogen-bond acceptors (Lipinski definition) is 5. The van der Waals surface area contributed by atoms with E-state index in [2.05, 4.69) is 20.3 Å². The number of ether oxygens (including phenoxy) is 1. The molecule has 2 heterocycles. The van der Waals surface area contributed by atoms with Gasteiger partial charge in [-0.25, -0.2) is 15.0 Å². The van der Waals surface area contributed by atoms with Gasteiger partial charge in [0.1, 0.15) is 16.8 Å². The molecule has 0 aromatic carbocycles. The molecule has 0 radical (unpaired) electrons. The number of hydrogen-bond donors (Lipinski definition) is 1. The largest absolute Gasteiger partial charge is 0.475 e. The predicted molar refractivity (Wildman–Crippen MR) is 83.8 cm³/mol. The lowest BCUT2D eigenvalue weighted by Crippen LogP contribution is -2.11. The zero-order chi connectivity index (χ0) is 15.4. The van der Waals surface area contributed by atoms with Crippen LogP contribution in [0.4, 0.5) is 5.82 Å². The van der Waals surface area contributed by atoms with E-state index in [-0.39, 0.29) is 6.10 Å². The summed E-state index contributed by atoms with van der Waals surface area (Å²) in [5.74, 6) is 2.00. The molecule has 0 amide bonds. The van der Waals surface area contributed by atoms with Crippen LogP contribution in [0.5, 0.6) is 5.88 Å². The Bertz CT molecular complexity index is 631. The second kappa shape index (κ2) is 6.72. The standard InChI is InChI=1S/C15H19ClN4O/c1-9(2)21-15-12(6-5-7-17-15)8-18-14-10(3)13(16)19-11(4)20-14/h5-7,9H,8H2,1-4H3,(H,18,19,20). The van der Waals surface area contributed by atoms with Crippen LogP contribution in [0.1, 0.15) is 30.8 Å². The smallest absolute Gasteiger partial charge is 0.218 e. The summed E-state index contributed by atoms with van der Waals surface area (Å²) in [6.07, 6.45) is 1.80. The number of aromatic nitrogens is 3. The minimum Gasteiger partial charge on any atom is -0.475 e. The fourth-order valence-corrected chi connectivity index (χ4v) is 2.05. The fourth-order valence-electron chi connectivity index (χ4n) is 1.83. The number of halogens is 1. The van der Waals surface area contributed by atoms with Gasteiger partial charge in [-0.2, -0.15) is 0 Å². The zero-order valence-corrected chi connectivity index (χ0v) is 13.4. The molecule has 0 unspecified atom stereocenters. The van der Waals surface area contributed by atoms with Crippen molar-refractivity contribution in [1.29, 1.82) is 0 Å². The highest BCUT2D eigenvalue weighted by molar-refractivity contribution is 6.30. The van der Waals surface area contributed by atoms with Gasteiger partial charge in [0, 0.05) is 23.9 Å². The van der Waals surface area contributed by atoms with Gasteiger partial charge in [-0.05, 0) is 33.8 Å². The number of anilines is 1. The number of nitrogens with one attached hydrogen (secondary N) is 1. The highest BCUT2D eigenvalue weighted by Crippen LogP contribution is 2.22. The molecule has 0 saturated carbocycles. The molecular weight excluding hydrogens is 288 g/mol. The van der Waals surface area contributed by atoms with Crippen molar-refractivity contribution in [2.75, 3.05) is 5.32 Å². The van der Waals surface area contributed by atoms with Crippen LogP contribution in [0.3, 0.4) is 0 Å². The number of rotatable bonds is 5. The summed E-state index contributed by atoms with van der Waals surface area (Å²) < 4.78 is 5.70. The molecule has 0 fully saturated rings. The van der Waals surface area contributed by atoms with Gasteiger partial charge in [0.15, 0.2) is 0 Å². The normalized spacial score (nSPS) is 10.8. The van der Waals surface area contributed by atoms with Crippen LogP contribution in [-0.4, -0.2) is 21.1 Å². The first kappa shape index (κ1) is 15.5. The van der Waals surface area contributed by atoms with Gasteiger partial charge in [0.05, 0.1) is 6.10 Å². The Balaban J connectivity index is 2.17. The van der Waals surface area contributed by atoms with E-state index in [4.69, 9.17) is 16.3 Å². The minimum atomic E-state index is 0.0797. The van der Waals surface area contributed by atoms with E-state index in [0.717, 1.165) is 16.9 Å². The molecule has 112 valence electrons. The molecule has 0 saturated heterocycles. The molecule has 6 heteroatoms. The first-order chi connectivity index (χ1) is 9.97. The summed E-state index contributed by atoms with van der Waals surface area (Å²) >= 11 is 6.07. The third-order valence-corrected chi connectivity index (χ3v) is 3.21. The average Bonchev–Trinajstić information content (AvgIpc) is 2.42. The molecule has 21 heavy (non-hydrogen) atoms. The summed E-state index contributed by atoms with van der Waals surface area (Å²) in [6, 6.07) is 3.86. The van der Waals surface area contributed by atoms with E-state index < -0.39 is 0 Å². The van der Waals surface area contributed by atoms with Gasteiger partial charge in [0.2, 0.25) is 5.88 Å². The lowest BCUT2D eigenvalue weighted by Gasteiger charge is -2.14. The van der Waals surface area contributed by atoms with Crippen molar-refractivity contribution in [3.63, 3.8) is 0 Å². The van der Waals surface area contributed by atoms with E-state index >= 15 is 0 Å². The average molecular weight is 307 g/mol. The monoisotopic (exact) mass is 306 g/mol. The van der Waals surface area contributed by atoms with Crippen LogP contribution in [0.15, 0.2) is 18.3 Å². The number of nitrogens with zero attached hydrogens (tertiary/aromatic N) is 3. The van der Waals surface area contributed by atoms with Crippen LogP contribution >= 0.6 is 11.6 Å². The zero-order valence-electron chi connectivity index (χ0n) is 12.6. The molecule has 0 atom stereocenters. The van der Waals surface area contributed by atoms with Crippen LogP contribution in [0.25, 0.3) is 0 Å². The Morgan fingerprint density at radius 1 is 1.29 bits per heavy atom. The van der Waals surface area contributed by atoms with Crippen LogP contribution in [-0.2, 0) is 6.54 Å². The van der Waals surface area contributed by atoms with E-state index in [1.165, 1.54) is 0 Å². The van der Waals surface area contributed by atoms with Crippen molar-refractivity contribution >= 4 is 17.4 Å². The van der Waals surface area contributed by atoms with Gasteiger partial charge >= 0.3 is 0 Å². The maximum atomic E-state index is 6.07. The number of pyridine rings is 1. The lowest BCUT2D eigenvalue weighted by molar-refractivity contribution is 0.230. The molecule has 0 spiro atoms. The molecular formula is C15H19ClN4O. The third kappa shape index (κ3) is 4.04. The Kier molecular flexibility index (Phi) is 4.96. The van der Waals surface area contributed by atoms with Crippen molar-refractivity contribution in [2.45, 2.75) is 40.3 Å². The van der Waals surface area contributed by atoms with Gasteiger partial charge in [-0.15, -0.1) is 0 Å². The van der Waals surface area contributed by atoms with Gasteiger partial charge < -0.3 is 10.1 Å². The molecule has 2 rings (SSSR count). The maximum Gasteiger partial charge on any atom is 0.218 e. The Morgan fingerprint density at radius 2 is 2.05 bits per heavy atom. The van der Waals surface area contributed by atoms with Gasteiger partial charge in [-0.3, -0.25) is 0 Å². The summed E-state index contributed by atoms with van der Waals surface area (Å²) in [5, 5.41) is 3.74. The molecule has 0 aliphatic carbocycles. The van der Waals surface area contributed by atoms with Crippen molar-refractivity contribution in [1.82, 2.24) is 15.0 Å². The summed E-state index contributed by atoms with van der Waals surface area (Å²) in [4.78, 5) is 12.8. The third-order valence-electron chi connectivity index (χ3n) is 2.84. The molecule has 0 aliphatic heterocycles. The van der Waals surface area contributed by atoms with Crippen molar-refractivity contribution in [2.24, 2.45) is 0 Å². The SMILES string of the molecule is Cc1nc(Cl)c(C)c(NCc2cccnc2OC(C)C)n1.